The smallest absolute Gasteiger partial charge is 0.316 e. The standard InChI is InChI=1S/C24H27N7O2/c1-14-12-31(13-15(2)27-14)20-6-5-18(21-19(20)11-26-24(29-21)33-4)23(32)28-17-9-16-7-8-30(3)22(16)25-10-17/h5-11,14-15,27H,12-13H2,1-4H3,(H,28,32)/t14-,15-/m0/s1. The fraction of sp³-hybridized carbons (Fsp3) is 0.333. The van der Waals surface area contributed by atoms with E-state index in [2.05, 4.69) is 44.3 Å². The van der Waals surface area contributed by atoms with Gasteiger partial charge >= 0.3 is 6.01 Å². The van der Waals surface area contributed by atoms with Crippen LogP contribution in [0.3, 0.4) is 0 Å². The molecule has 1 saturated heterocycles. The van der Waals surface area contributed by atoms with Crippen LogP contribution in [0.1, 0.15) is 24.2 Å². The van der Waals surface area contributed by atoms with Gasteiger partial charge in [0.1, 0.15) is 5.65 Å². The van der Waals surface area contributed by atoms with E-state index >= 15 is 0 Å². The normalized spacial score (nSPS) is 18.6. The maximum Gasteiger partial charge on any atom is 0.316 e. The SMILES string of the molecule is COc1ncc2c(N3C[C@H](C)N[C@@H](C)C3)ccc(C(=O)Nc3cnc4c(ccn4C)c3)c2n1. The Labute approximate surface area is 191 Å². The van der Waals surface area contributed by atoms with E-state index in [1.807, 2.05) is 42.1 Å². The average Bonchev–Trinajstić information content (AvgIpc) is 3.17. The van der Waals surface area contributed by atoms with E-state index in [0.29, 0.717) is 28.9 Å². The number of nitrogens with one attached hydrogen (secondary N) is 2. The van der Waals surface area contributed by atoms with Crippen LogP contribution >= 0.6 is 0 Å². The van der Waals surface area contributed by atoms with E-state index in [-0.39, 0.29) is 11.9 Å². The molecule has 4 aromatic rings. The van der Waals surface area contributed by atoms with Crippen LogP contribution in [0.4, 0.5) is 11.4 Å². The maximum atomic E-state index is 13.3. The van der Waals surface area contributed by atoms with Crippen LogP contribution in [0, 0.1) is 0 Å². The third kappa shape index (κ3) is 3.95. The van der Waals surface area contributed by atoms with Crippen molar-refractivity contribution in [3.05, 3.63) is 48.4 Å². The summed E-state index contributed by atoms with van der Waals surface area (Å²) in [7, 11) is 3.46. The fourth-order valence-corrected chi connectivity index (χ4v) is 4.59. The highest BCUT2D eigenvalue weighted by molar-refractivity contribution is 6.14. The number of carbonyl (C=O) groups is 1. The van der Waals surface area contributed by atoms with E-state index in [4.69, 9.17) is 4.74 Å². The molecule has 0 radical (unpaired) electrons. The summed E-state index contributed by atoms with van der Waals surface area (Å²) >= 11 is 0. The first-order valence-corrected chi connectivity index (χ1v) is 11.0. The van der Waals surface area contributed by atoms with Crippen LogP contribution in [0.2, 0.25) is 0 Å². The number of aromatic nitrogens is 4. The molecule has 0 bridgehead atoms. The van der Waals surface area contributed by atoms with Gasteiger partial charge in [-0.05, 0) is 38.1 Å². The predicted octanol–water partition coefficient (Wildman–Crippen LogP) is 2.96. The number of benzene rings is 1. The van der Waals surface area contributed by atoms with Crippen molar-refractivity contribution in [2.24, 2.45) is 7.05 Å². The Kier molecular flexibility index (Phi) is 5.33. The van der Waals surface area contributed by atoms with Crippen molar-refractivity contribution < 1.29 is 9.53 Å². The van der Waals surface area contributed by atoms with E-state index in [1.54, 1.807) is 12.4 Å². The Morgan fingerprint density at radius 2 is 1.94 bits per heavy atom. The van der Waals surface area contributed by atoms with Gasteiger partial charge in [0.15, 0.2) is 0 Å². The molecule has 0 spiro atoms. The van der Waals surface area contributed by atoms with Crippen molar-refractivity contribution in [3.63, 3.8) is 0 Å². The van der Waals surface area contributed by atoms with Gasteiger partial charge in [0.05, 0.1) is 30.1 Å². The van der Waals surface area contributed by atoms with Crippen LogP contribution in [0.15, 0.2) is 42.9 Å². The molecule has 1 fully saturated rings. The Hall–Kier alpha value is -3.72. The van der Waals surface area contributed by atoms with Gasteiger partial charge in [-0.25, -0.2) is 9.97 Å². The molecule has 33 heavy (non-hydrogen) atoms. The monoisotopic (exact) mass is 445 g/mol. The summed E-state index contributed by atoms with van der Waals surface area (Å²) in [5.74, 6) is -0.258. The number of anilines is 2. The second kappa shape index (κ2) is 8.32. The molecule has 9 heteroatoms. The molecular formula is C24H27N7O2. The summed E-state index contributed by atoms with van der Waals surface area (Å²) in [6, 6.07) is 8.62. The Balaban J connectivity index is 1.53. The second-order valence-corrected chi connectivity index (χ2v) is 8.64. The lowest BCUT2D eigenvalue weighted by Gasteiger charge is -2.38. The molecule has 2 N–H and O–H groups in total. The number of hydrogen-bond acceptors (Lipinski definition) is 7. The van der Waals surface area contributed by atoms with Crippen LogP contribution < -0.4 is 20.3 Å². The maximum absolute atomic E-state index is 13.3. The van der Waals surface area contributed by atoms with Gasteiger partial charge in [0.25, 0.3) is 5.91 Å². The number of ether oxygens (including phenoxy) is 1. The minimum Gasteiger partial charge on any atom is -0.467 e. The number of nitrogens with zero attached hydrogens (tertiary/aromatic N) is 5. The van der Waals surface area contributed by atoms with Gasteiger partial charge in [-0.15, -0.1) is 0 Å². The molecule has 1 aliphatic rings. The van der Waals surface area contributed by atoms with Crippen molar-refractivity contribution >= 4 is 39.2 Å². The topological polar surface area (TPSA) is 97.2 Å². The van der Waals surface area contributed by atoms with Crippen LogP contribution in [-0.4, -0.2) is 57.7 Å². The number of carbonyl (C=O) groups excluding carboxylic acids is 1. The lowest BCUT2D eigenvalue weighted by atomic mass is 10.0. The summed E-state index contributed by atoms with van der Waals surface area (Å²) in [6.45, 7) is 6.06. The molecule has 5 rings (SSSR count). The zero-order valence-electron chi connectivity index (χ0n) is 19.2. The first-order valence-electron chi connectivity index (χ1n) is 11.0. The molecule has 0 saturated carbocycles. The molecule has 4 heterocycles. The number of fused-ring (bicyclic) bond motifs is 2. The summed E-state index contributed by atoms with van der Waals surface area (Å²) in [4.78, 5) is 28.9. The highest BCUT2D eigenvalue weighted by Gasteiger charge is 2.24. The first kappa shape index (κ1) is 21.1. The molecule has 170 valence electrons. The molecule has 2 atom stereocenters. The van der Waals surface area contributed by atoms with Gasteiger partial charge < -0.3 is 24.8 Å². The fourth-order valence-electron chi connectivity index (χ4n) is 4.59. The second-order valence-electron chi connectivity index (χ2n) is 8.64. The molecule has 0 aliphatic carbocycles. The van der Waals surface area contributed by atoms with Crippen molar-refractivity contribution in [1.82, 2.24) is 24.8 Å². The minimum absolute atomic E-state index is 0.225. The van der Waals surface area contributed by atoms with Crippen molar-refractivity contribution in [2.75, 3.05) is 30.4 Å². The molecule has 0 unspecified atom stereocenters. The van der Waals surface area contributed by atoms with Crippen LogP contribution in [-0.2, 0) is 7.05 Å². The van der Waals surface area contributed by atoms with E-state index in [9.17, 15) is 4.79 Å². The summed E-state index contributed by atoms with van der Waals surface area (Å²) in [5, 5.41) is 8.30. The first-order chi connectivity index (χ1) is 15.9. The highest BCUT2D eigenvalue weighted by Crippen LogP contribution is 2.31. The van der Waals surface area contributed by atoms with Crippen LogP contribution in [0.25, 0.3) is 21.9 Å². The Bertz CT molecular complexity index is 1340. The summed E-state index contributed by atoms with van der Waals surface area (Å²) < 4.78 is 7.19. The Morgan fingerprint density at radius 1 is 1.15 bits per heavy atom. The molecular weight excluding hydrogens is 418 g/mol. The number of methoxy groups -OCH3 is 1. The van der Waals surface area contributed by atoms with Crippen molar-refractivity contribution in [3.8, 4) is 6.01 Å². The zero-order chi connectivity index (χ0) is 23.1. The average molecular weight is 446 g/mol. The minimum atomic E-state index is -0.258. The van der Waals surface area contributed by atoms with Gasteiger partial charge in [-0.3, -0.25) is 4.79 Å². The van der Waals surface area contributed by atoms with Crippen molar-refractivity contribution in [2.45, 2.75) is 25.9 Å². The molecule has 1 aliphatic heterocycles. The van der Waals surface area contributed by atoms with Crippen LogP contribution in [0.5, 0.6) is 6.01 Å². The van der Waals surface area contributed by atoms with Crippen molar-refractivity contribution in [1.29, 1.82) is 0 Å². The zero-order valence-corrected chi connectivity index (χ0v) is 19.2. The molecule has 3 aromatic heterocycles. The van der Waals surface area contributed by atoms with Gasteiger partial charge in [-0.1, -0.05) is 0 Å². The number of amides is 1. The number of aryl methyl sites for hydroxylation is 1. The molecule has 9 nitrogen and oxygen atoms in total. The van der Waals surface area contributed by atoms with Gasteiger partial charge in [0.2, 0.25) is 0 Å². The van der Waals surface area contributed by atoms with E-state index < -0.39 is 0 Å². The number of pyridine rings is 1. The highest BCUT2D eigenvalue weighted by atomic mass is 16.5. The van der Waals surface area contributed by atoms with Gasteiger partial charge in [-0.2, -0.15) is 4.98 Å². The third-order valence-electron chi connectivity index (χ3n) is 6.00. The number of rotatable bonds is 4. The lowest BCUT2D eigenvalue weighted by Crippen LogP contribution is -2.54. The largest absolute Gasteiger partial charge is 0.467 e. The number of hydrogen-bond donors (Lipinski definition) is 2. The van der Waals surface area contributed by atoms with E-state index in [0.717, 1.165) is 35.2 Å². The number of piperazine rings is 1. The quantitative estimate of drug-likeness (QED) is 0.498. The summed E-state index contributed by atoms with van der Waals surface area (Å²) in [6.07, 6.45) is 5.34. The predicted molar refractivity (Wildman–Crippen MR) is 129 cm³/mol. The van der Waals surface area contributed by atoms with Gasteiger partial charge in [0, 0.05) is 61.1 Å². The molecule has 1 amide bonds. The third-order valence-corrected chi connectivity index (χ3v) is 6.00. The molecule has 1 aromatic carbocycles. The lowest BCUT2D eigenvalue weighted by molar-refractivity contribution is 0.102. The summed E-state index contributed by atoms with van der Waals surface area (Å²) in [5.41, 5.74) is 3.52. The Morgan fingerprint density at radius 3 is 2.70 bits per heavy atom. The van der Waals surface area contributed by atoms with E-state index in [1.165, 1.54) is 7.11 Å².